The molecule has 2 N–H and O–H groups in total. The van der Waals surface area contributed by atoms with Crippen LogP contribution in [-0.2, 0) is 4.79 Å². The monoisotopic (exact) mass is 364 g/mol. The first kappa shape index (κ1) is 18.9. The zero-order valence-electron chi connectivity index (χ0n) is 13.8. The molecule has 0 aliphatic carbocycles. The van der Waals surface area contributed by atoms with E-state index in [9.17, 15) is 14.0 Å². The fourth-order valence-electron chi connectivity index (χ4n) is 2.05. The quantitative estimate of drug-likeness (QED) is 0.637. The van der Waals surface area contributed by atoms with Crippen LogP contribution in [0.2, 0.25) is 0 Å². The standard InChI is InChI=1S/C18H21FN2O3S/c19-14-5-7-15(8-6-14)24-12-2-1-10-20-17(22)9-11-21-18(23)16-4-3-13-25-16/h3-8,13H,1-2,9-12H2,(H,20,22)(H,21,23). The SMILES string of the molecule is O=C(CCNC(=O)c1cccs1)NCCCCOc1ccc(F)cc1. The van der Waals surface area contributed by atoms with E-state index in [1.165, 1.54) is 23.5 Å². The van der Waals surface area contributed by atoms with Crippen LogP contribution in [0.5, 0.6) is 5.75 Å². The minimum Gasteiger partial charge on any atom is -0.494 e. The van der Waals surface area contributed by atoms with E-state index >= 15 is 0 Å². The number of halogens is 1. The molecular formula is C18H21FN2O3S. The molecule has 0 radical (unpaired) electrons. The highest BCUT2D eigenvalue weighted by molar-refractivity contribution is 7.12. The molecular weight excluding hydrogens is 343 g/mol. The highest BCUT2D eigenvalue weighted by Crippen LogP contribution is 2.11. The van der Waals surface area contributed by atoms with Gasteiger partial charge in [-0.3, -0.25) is 9.59 Å². The predicted octanol–water partition coefficient (Wildman–Crippen LogP) is 2.98. The molecule has 25 heavy (non-hydrogen) atoms. The first-order chi connectivity index (χ1) is 12.1. The van der Waals surface area contributed by atoms with Gasteiger partial charge in [0.25, 0.3) is 5.91 Å². The molecule has 0 atom stereocenters. The maximum atomic E-state index is 12.7. The lowest BCUT2D eigenvalue weighted by Crippen LogP contribution is -2.31. The fourth-order valence-corrected chi connectivity index (χ4v) is 2.69. The van der Waals surface area contributed by atoms with Crippen molar-refractivity contribution in [1.82, 2.24) is 10.6 Å². The highest BCUT2D eigenvalue weighted by atomic mass is 32.1. The van der Waals surface area contributed by atoms with Gasteiger partial charge in [0.1, 0.15) is 11.6 Å². The molecule has 2 amide bonds. The Bertz CT molecular complexity index is 659. The van der Waals surface area contributed by atoms with E-state index in [1.54, 1.807) is 18.2 Å². The maximum Gasteiger partial charge on any atom is 0.261 e. The van der Waals surface area contributed by atoms with Crippen molar-refractivity contribution in [2.24, 2.45) is 0 Å². The summed E-state index contributed by atoms with van der Waals surface area (Å²) in [5.41, 5.74) is 0. The van der Waals surface area contributed by atoms with E-state index in [0.717, 1.165) is 12.8 Å². The highest BCUT2D eigenvalue weighted by Gasteiger charge is 2.06. The van der Waals surface area contributed by atoms with Gasteiger partial charge in [-0.15, -0.1) is 11.3 Å². The Balaban J connectivity index is 1.46. The van der Waals surface area contributed by atoms with Crippen LogP contribution < -0.4 is 15.4 Å². The van der Waals surface area contributed by atoms with Gasteiger partial charge in [0.05, 0.1) is 11.5 Å². The van der Waals surface area contributed by atoms with Crippen molar-refractivity contribution in [3.63, 3.8) is 0 Å². The van der Waals surface area contributed by atoms with Gasteiger partial charge < -0.3 is 15.4 Å². The number of amides is 2. The Labute approximate surface area is 150 Å². The molecule has 0 fully saturated rings. The van der Waals surface area contributed by atoms with Crippen molar-refractivity contribution in [2.45, 2.75) is 19.3 Å². The van der Waals surface area contributed by atoms with Crippen LogP contribution in [0.3, 0.4) is 0 Å². The molecule has 0 unspecified atom stereocenters. The molecule has 2 rings (SSSR count). The summed E-state index contributed by atoms with van der Waals surface area (Å²) in [6.45, 7) is 1.39. The number of carbonyl (C=O) groups is 2. The van der Waals surface area contributed by atoms with Crippen molar-refractivity contribution in [1.29, 1.82) is 0 Å². The molecule has 5 nitrogen and oxygen atoms in total. The van der Waals surface area contributed by atoms with Gasteiger partial charge in [-0.1, -0.05) is 6.07 Å². The third kappa shape index (κ3) is 7.34. The summed E-state index contributed by atoms with van der Waals surface area (Å²) in [5.74, 6) is 0.0974. The van der Waals surface area contributed by atoms with E-state index in [0.29, 0.717) is 30.3 Å². The first-order valence-corrected chi connectivity index (χ1v) is 9.00. The van der Waals surface area contributed by atoms with Crippen molar-refractivity contribution < 1.29 is 18.7 Å². The predicted molar refractivity (Wildman–Crippen MR) is 95.4 cm³/mol. The molecule has 134 valence electrons. The minimum absolute atomic E-state index is 0.0917. The van der Waals surface area contributed by atoms with Crippen LogP contribution in [0.25, 0.3) is 0 Å². The molecule has 0 saturated carbocycles. The Kier molecular flexibility index (Phi) is 7.91. The molecule has 1 aromatic heterocycles. The lowest BCUT2D eigenvalue weighted by atomic mass is 10.3. The number of benzene rings is 1. The van der Waals surface area contributed by atoms with Crippen LogP contribution in [0, 0.1) is 5.82 Å². The average molecular weight is 364 g/mol. The summed E-state index contributed by atoms with van der Waals surface area (Å²) in [5, 5.41) is 7.35. The van der Waals surface area contributed by atoms with Crippen molar-refractivity contribution >= 4 is 23.2 Å². The van der Waals surface area contributed by atoms with Gasteiger partial charge in [0, 0.05) is 19.5 Å². The van der Waals surface area contributed by atoms with Crippen molar-refractivity contribution in [3.05, 3.63) is 52.5 Å². The largest absolute Gasteiger partial charge is 0.494 e. The molecule has 0 saturated heterocycles. The van der Waals surface area contributed by atoms with Crippen LogP contribution >= 0.6 is 11.3 Å². The lowest BCUT2D eigenvalue weighted by molar-refractivity contribution is -0.120. The zero-order chi connectivity index (χ0) is 17.9. The van der Waals surface area contributed by atoms with Gasteiger partial charge in [-0.25, -0.2) is 4.39 Å². The second kappa shape index (κ2) is 10.5. The first-order valence-electron chi connectivity index (χ1n) is 8.12. The number of hydrogen-bond donors (Lipinski definition) is 2. The van der Waals surface area contributed by atoms with Gasteiger partial charge in [-0.05, 0) is 48.6 Å². The van der Waals surface area contributed by atoms with Crippen LogP contribution in [0.1, 0.15) is 28.9 Å². The normalized spacial score (nSPS) is 10.3. The Morgan fingerprint density at radius 1 is 1.04 bits per heavy atom. The van der Waals surface area contributed by atoms with Gasteiger partial charge in [-0.2, -0.15) is 0 Å². The van der Waals surface area contributed by atoms with E-state index in [-0.39, 0.29) is 24.1 Å². The summed E-state index contributed by atoms with van der Waals surface area (Å²) < 4.78 is 18.2. The van der Waals surface area contributed by atoms with Crippen molar-refractivity contribution in [2.75, 3.05) is 19.7 Å². The van der Waals surface area contributed by atoms with Crippen molar-refractivity contribution in [3.8, 4) is 5.75 Å². The topological polar surface area (TPSA) is 67.4 Å². The summed E-state index contributed by atoms with van der Waals surface area (Å²) >= 11 is 1.37. The van der Waals surface area contributed by atoms with E-state index in [2.05, 4.69) is 10.6 Å². The summed E-state index contributed by atoms with van der Waals surface area (Å²) in [6.07, 6.45) is 1.82. The number of ether oxygens (including phenoxy) is 1. The maximum absolute atomic E-state index is 12.7. The van der Waals surface area contributed by atoms with Gasteiger partial charge in [0.15, 0.2) is 0 Å². The third-order valence-corrected chi connectivity index (χ3v) is 4.23. The second-order valence-electron chi connectivity index (χ2n) is 5.34. The fraction of sp³-hybridized carbons (Fsp3) is 0.333. The Hall–Kier alpha value is -2.41. The summed E-state index contributed by atoms with van der Waals surface area (Å²) in [7, 11) is 0. The number of unbranched alkanes of at least 4 members (excludes halogenated alkanes) is 1. The summed E-state index contributed by atoms with van der Waals surface area (Å²) in [4.78, 5) is 24.0. The van der Waals surface area contributed by atoms with Crippen LogP contribution in [0.15, 0.2) is 41.8 Å². The van der Waals surface area contributed by atoms with Crippen LogP contribution in [0.4, 0.5) is 4.39 Å². The molecule has 0 aliphatic heterocycles. The Morgan fingerprint density at radius 2 is 1.84 bits per heavy atom. The lowest BCUT2D eigenvalue weighted by Gasteiger charge is -2.07. The smallest absolute Gasteiger partial charge is 0.261 e. The van der Waals surface area contributed by atoms with Crippen LogP contribution in [-0.4, -0.2) is 31.5 Å². The molecule has 7 heteroatoms. The van der Waals surface area contributed by atoms with E-state index in [4.69, 9.17) is 4.74 Å². The van der Waals surface area contributed by atoms with Gasteiger partial charge in [0.2, 0.25) is 5.91 Å². The number of thiophene rings is 1. The number of hydrogen-bond acceptors (Lipinski definition) is 4. The molecule has 0 bridgehead atoms. The van der Waals surface area contributed by atoms with Gasteiger partial charge >= 0.3 is 0 Å². The average Bonchev–Trinajstić information content (AvgIpc) is 3.14. The summed E-state index contributed by atoms with van der Waals surface area (Å²) in [6, 6.07) is 9.43. The molecule has 0 spiro atoms. The Morgan fingerprint density at radius 3 is 2.56 bits per heavy atom. The van der Waals surface area contributed by atoms with E-state index in [1.807, 2.05) is 11.4 Å². The molecule has 0 aliphatic rings. The minimum atomic E-state index is -0.290. The third-order valence-electron chi connectivity index (χ3n) is 3.36. The molecule has 2 aromatic rings. The molecule has 1 aromatic carbocycles. The van der Waals surface area contributed by atoms with E-state index < -0.39 is 0 Å². The number of rotatable bonds is 10. The number of carbonyl (C=O) groups excluding carboxylic acids is 2. The molecule has 1 heterocycles. The zero-order valence-corrected chi connectivity index (χ0v) is 14.6. The second-order valence-corrected chi connectivity index (χ2v) is 6.29. The number of nitrogens with one attached hydrogen (secondary N) is 2.